The number of hydrogen-bond acceptors (Lipinski definition) is 2. The monoisotopic (exact) mass is 420 g/mol. The number of hydrogen-bond donors (Lipinski definition) is 0. The van der Waals surface area contributed by atoms with E-state index in [1.165, 1.54) is 0 Å². The summed E-state index contributed by atoms with van der Waals surface area (Å²) in [5.74, 6) is 0. The standard InChI is InChI=1S/C16H11N2.C9H9N.Ni/c1-2-7-13(8-3-1)14-10-6-11-16(18-14)15-9-4-5-12-17-15;1-7-5-4-6-8(2)9(7)10-3;/h1-7,9-12H;4-6H,1-2H3;/q-1;;+2. The van der Waals surface area contributed by atoms with E-state index < -0.39 is 0 Å². The van der Waals surface area contributed by atoms with Gasteiger partial charge in [-0.25, -0.2) is 4.85 Å². The van der Waals surface area contributed by atoms with E-state index in [1.807, 2.05) is 92.7 Å². The first-order valence-corrected chi connectivity index (χ1v) is 8.98. The number of rotatable bonds is 2. The van der Waals surface area contributed by atoms with Crippen LogP contribution in [-0.2, 0) is 16.5 Å². The van der Waals surface area contributed by atoms with E-state index in [1.54, 1.807) is 6.20 Å². The molecule has 144 valence electrons. The van der Waals surface area contributed by atoms with Crippen LogP contribution in [0.2, 0.25) is 0 Å². The number of benzene rings is 2. The molecule has 4 aromatic rings. The fourth-order valence-corrected chi connectivity index (χ4v) is 2.78. The quantitative estimate of drug-likeness (QED) is 0.275. The molecule has 0 saturated carbocycles. The van der Waals surface area contributed by atoms with Crippen molar-refractivity contribution in [3.63, 3.8) is 0 Å². The molecule has 0 aliphatic heterocycles. The minimum atomic E-state index is 0. The van der Waals surface area contributed by atoms with Gasteiger partial charge in [-0.05, 0) is 48.9 Å². The Morgan fingerprint density at radius 1 is 0.759 bits per heavy atom. The van der Waals surface area contributed by atoms with Crippen LogP contribution in [0.15, 0.2) is 85.1 Å². The smallest absolute Gasteiger partial charge is 0.295 e. The molecule has 0 unspecified atom stereocenters. The van der Waals surface area contributed by atoms with E-state index in [4.69, 9.17) is 6.57 Å². The third-order valence-corrected chi connectivity index (χ3v) is 4.21. The van der Waals surface area contributed by atoms with Crippen molar-refractivity contribution in [3.8, 4) is 22.6 Å². The average Bonchev–Trinajstić information content (AvgIpc) is 2.76. The maximum Gasteiger partial charge on any atom is 2.00 e. The molecule has 0 saturated heterocycles. The first-order valence-electron chi connectivity index (χ1n) is 8.98. The number of aryl methyl sites for hydroxylation is 2. The Kier molecular flexibility index (Phi) is 8.28. The Labute approximate surface area is 182 Å². The van der Waals surface area contributed by atoms with Crippen LogP contribution in [0, 0.1) is 26.5 Å². The summed E-state index contributed by atoms with van der Waals surface area (Å²) in [5.41, 5.74) is 6.60. The fraction of sp³-hybridized carbons (Fsp3) is 0.0800. The van der Waals surface area contributed by atoms with Crippen LogP contribution in [0.1, 0.15) is 11.1 Å². The van der Waals surface area contributed by atoms with Crippen molar-refractivity contribution in [3.05, 3.63) is 114 Å². The Balaban J connectivity index is 0.000000234. The van der Waals surface area contributed by atoms with E-state index in [0.29, 0.717) is 0 Å². The van der Waals surface area contributed by atoms with Gasteiger partial charge in [0, 0.05) is 6.20 Å². The molecule has 2 heterocycles. The van der Waals surface area contributed by atoms with Crippen LogP contribution in [0.25, 0.3) is 27.5 Å². The number of pyridine rings is 2. The van der Waals surface area contributed by atoms with Crippen LogP contribution in [-0.4, -0.2) is 9.97 Å². The van der Waals surface area contributed by atoms with E-state index in [9.17, 15) is 0 Å². The Morgan fingerprint density at radius 2 is 1.41 bits per heavy atom. The van der Waals surface area contributed by atoms with Gasteiger partial charge in [-0.1, -0.05) is 36.4 Å². The molecule has 0 amide bonds. The first kappa shape index (κ1) is 22.0. The van der Waals surface area contributed by atoms with Crippen molar-refractivity contribution in [2.45, 2.75) is 13.8 Å². The predicted octanol–water partition coefficient (Wildman–Crippen LogP) is 6.46. The molecule has 0 bridgehead atoms. The molecule has 0 spiro atoms. The molecule has 0 radical (unpaired) electrons. The molecule has 4 rings (SSSR count). The topological polar surface area (TPSA) is 30.1 Å². The van der Waals surface area contributed by atoms with Crippen LogP contribution in [0.3, 0.4) is 0 Å². The minimum Gasteiger partial charge on any atom is -0.295 e. The maximum atomic E-state index is 6.85. The van der Waals surface area contributed by atoms with Crippen molar-refractivity contribution in [1.82, 2.24) is 9.97 Å². The maximum absolute atomic E-state index is 6.85. The summed E-state index contributed by atoms with van der Waals surface area (Å²) >= 11 is 0. The normalized spacial score (nSPS) is 9.41. The first-order chi connectivity index (χ1) is 13.7. The van der Waals surface area contributed by atoms with Gasteiger partial charge in [-0.15, -0.1) is 35.9 Å². The zero-order chi connectivity index (χ0) is 19.8. The molecule has 0 aliphatic carbocycles. The van der Waals surface area contributed by atoms with Crippen LogP contribution >= 0.6 is 0 Å². The third-order valence-electron chi connectivity index (χ3n) is 4.21. The molecule has 2 aromatic heterocycles. The zero-order valence-corrected chi connectivity index (χ0v) is 17.2. The van der Waals surface area contributed by atoms with Crippen LogP contribution < -0.4 is 0 Å². The molecule has 0 fully saturated rings. The largest absolute Gasteiger partial charge is 2.00 e. The van der Waals surface area contributed by atoms with Crippen molar-refractivity contribution < 1.29 is 16.5 Å². The molecule has 29 heavy (non-hydrogen) atoms. The number of aromatic nitrogens is 2. The van der Waals surface area contributed by atoms with Gasteiger partial charge >= 0.3 is 16.5 Å². The summed E-state index contributed by atoms with van der Waals surface area (Å²) in [6.07, 6.45) is 1.78. The van der Waals surface area contributed by atoms with Crippen LogP contribution in [0.5, 0.6) is 0 Å². The van der Waals surface area contributed by atoms with Crippen molar-refractivity contribution in [2.24, 2.45) is 0 Å². The van der Waals surface area contributed by atoms with Gasteiger partial charge in [-0.3, -0.25) is 9.97 Å². The van der Waals surface area contributed by atoms with Gasteiger partial charge in [0.25, 0.3) is 0 Å². The predicted molar refractivity (Wildman–Crippen MR) is 114 cm³/mol. The Hall–Kier alpha value is -3.28. The Morgan fingerprint density at radius 3 is 2.00 bits per heavy atom. The zero-order valence-electron chi connectivity index (χ0n) is 16.2. The second-order valence-corrected chi connectivity index (χ2v) is 6.25. The van der Waals surface area contributed by atoms with E-state index >= 15 is 0 Å². The molecule has 2 aromatic carbocycles. The molecular formula is C25H20N3Ni+. The van der Waals surface area contributed by atoms with Gasteiger partial charge in [0.1, 0.15) is 0 Å². The summed E-state index contributed by atoms with van der Waals surface area (Å²) < 4.78 is 0. The van der Waals surface area contributed by atoms with Gasteiger partial charge in [-0.2, -0.15) is 0 Å². The molecule has 0 aliphatic rings. The number of para-hydroxylation sites is 1. The minimum absolute atomic E-state index is 0. The van der Waals surface area contributed by atoms with Crippen LogP contribution in [0.4, 0.5) is 5.69 Å². The molecule has 3 nitrogen and oxygen atoms in total. The van der Waals surface area contributed by atoms with Crippen molar-refractivity contribution in [1.29, 1.82) is 0 Å². The SMILES string of the molecule is [C-]#[N+]c1c(C)cccc1C.[Ni+2].[c-]1ccccc1-c1cccc(-c2ccccn2)n1. The second kappa shape index (κ2) is 10.9. The van der Waals surface area contributed by atoms with Gasteiger partial charge in [0.15, 0.2) is 5.69 Å². The van der Waals surface area contributed by atoms with E-state index in [2.05, 4.69) is 20.9 Å². The third kappa shape index (κ3) is 5.85. The van der Waals surface area contributed by atoms with E-state index in [-0.39, 0.29) is 16.5 Å². The molecule has 0 atom stereocenters. The van der Waals surface area contributed by atoms with Gasteiger partial charge in [0.05, 0.1) is 18.0 Å². The Bertz CT molecular complexity index is 1010. The van der Waals surface area contributed by atoms with E-state index in [0.717, 1.165) is 39.5 Å². The van der Waals surface area contributed by atoms with Crippen molar-refractivity contribution >= 4 is 5.69 Å². The summed E-state index contributed by atoms with van der Waals surface area (Å²) in [5, 5.41) is 0. The molecule has 0 N–H and O–H groups in total. The summed E-state index contributed by atoms with van der Waals surface area (Å²) in [6, 6.07) is 28.7. The second-order valence-electron chi connectivity index (χ2n) is 6.25. The molecule has 4 heteroatoms. The summed E-state index contributed by atoms with van der Waals surface area (Å²) in [6.45, 7) is 10.8. The van der Waals surface area contributed by atoms with Crippen molar-refractivity contribution in [2.75, 3.05) is 0 Å². The average molecular weight is 421 g/mol. The summed E-state index contributed by atoms with van der Waals surface area (Å²) in [4.78, 5) is 12.4. The van der Waals surface area contributed by atoms with Gasteiger partial charge in [0.2, 0.25) is 0 Å². The summed E-state index contributed by atoms with van der Waals surface area (Å²) in [7, 11) is 0. The number of nitrogens with zero attached hydrogens (tertiary/aromatic N) is 3. The van der Waals surface area contributed by atoms with Gasteiger partial charge < -0.3 is 0 Å². The fourth-order valence-electron chi connectivity index (χ4n) is 2.78. The molecular weight excluding hydrogens is 401 g/mol.